The van der Waals surface area contributed by atoms with Gasteiger partial charge >= 0.3 is 0 Å². The largest absolute Gasteiger partial charge is 0.495 e. The van der Waals surface area contributed by atoms with Gasteiger partial charge < -0.3 is 14.6 Å². The zero-order valence-corrected chi connectivity index (χ0v) is 18.9. The van der Waals surface area contributed by atoms with E-state index in [1.165, 1.54) is 18.9 Å². The Hall–Kier alpha value is -3.36. The lowest BCUT2D eigenvalue weighted by atomic mass is 10.1. The number of imidazole rings is 1. The number of rotatable bonds is 7. The Bertz CT molecular complexity index is 1320. The summed E-state index contributed by atoms with van der Waals surface area (Å²) in [6.45, 7) is 0. The molecule has 1 N–H and O–H groups in total. The molecule has 2 heterocycles. The first-order valence-electron chi connectivity index (χ1n) is 9.64. The van der Waals surface area contributed by atoms with E-state index in [2.05, 4.69) is 15.3 Å². The first-order chi connectivity index (χ1) is 15.5. The van der Waals surface area contributed by atoms with Crippen LogP contribution in [0, 0.1) is 0 Å². The number of hydrogen-bond donors (Lipinski definition) is 1. The molecule has 0 aliphatic rings. The fraction of sp³-hybridized carbons (Fsp3) is 0.130. The number of aromatic nitrogens is 3. The van der Waals surface area contributed by atoms with Crippen molar-refractivity contribution in [1.82, 2.24) is 14.5 Å². The van der Waals surface area contributed by atoms with Gasteiger partial charge in [0, 0.05) is 36.1 Å². The quantitative estimate of drug-likeness (QED) is 0.316. The number of hydrogen-bond acceptors (Lipinski definition) is 6. The van der Waals surface area contributed by atoms with Gasteiger partial charge in [-0.15, -0.1) is 0 Å². The van der Waals surface area contributed by atoms with Crippen molar-refractivity contribution < 1.29 is 14.3 Å². The molecule has 1 amide bonds. The number of nitrogens with one attached hydrogen (secondary N) is 1. The van der Waals surface area contributed by atoms with Crippen molar-refractivity contribution in [2.24, 2.45) is 7.05 Å². The summed E-state index contributed by atoms with van der Waals surface area (Å²) in [6.07, 6.45) is 3.31. The first kappa shape index (κ1) is 21.9. The van der Waals surface area contributed by atoms with Gasteiger partial charge in [-0.3, -0.25) is 9.59 Å². The summed E-state index contributed by atoms with van der Waals surface area (Å²) < 4.78 is 6.80. The fourth-order valence-electron chi connectivity index (χ4n) is 3.20. The van der Waals surface area contributed by atoms with Gasteiger partial charge in [0.2, 0.25) is 11.7 Å². The summed E-state index contributed by atoms with van der Waals surface area (Å²) in [5, 5.41) is 4.52. The van der Waals surface area contributed by atoms with E-state index in [0.717, 1.165) is 5.39 Å². The molecule has 0 fully saturated rings. The van der Waals surface area contributed by atoms with E-state index >= 15 is 0 Å². The minimum atomic E-state index is -0.219. The van der Waals surface area contributed by atoms with Crippen molar-refractivity contribution in [2.45, 2.75) is 5.03 Å². The van der Waals surface area contributed by atoms with Crippen LogP contribution in [0.1, 0.15) is 16.2 Å². The molecule has 162 valence electrons. The first-order valence-corrected chi connectivity index (χ1v) is 11.0. The second-order valence-electron chi connectivity index (χ2n) is 6.90. The van der Waals surface area contributed by atoms with Gasteiger partial charge in [0.25, 0.3) is 0 Å². The molecule has 2 aromatic heterocycles. The molecular formula is C23H19ClN4O3S. The molecule has 2 aromatic carbocycles. The van der Waals surface area contributed by atoms with Crippen molar-refractivity contribution in [2.75, 3.05) is 18.2 Å². The Morgan fingerprint density at radius 1 is 1.19 bits per heavy atom. The van der Waals surface area contributed by atoms with Crippen LogP contribution >= 0.6 is 23.4 Å². The van der Waals surface area contributed by atoms with E-state index in [0.29, 0.717) is 38.4 Å². The Labute approximate surface area is 193 Å². The number of amides is 1. The van der Waals surface area contributed by atoms with E-state index in [9.17, 15) is 9.59 Å². The van der Waals surface area contributed by atoms with E-state index in [4.69, 9.17) is 16.3 Å². The molecule has 32 heavy (non-hydrogen) atoms. The number of carbonyl (C=O) groups is 2. The minimum absolute atomic E-state index is 0.116. The second-order valence-corrected chi connectivity index (χ2v) is 8.31. The van der Waals surface area contributed by atoms with Crippen molar-refractivity contribution in [3.63, 3.8) is 0 Å². The number of benzene rings is 2. The monoisotopic (exact) mass is 466 g/mol. The molecule has 0 atom stereocenters. The highest BCUT2D eigenvalue weighted by Gasteiger charge is 2.19. The summed E-state index contributed by atoms with van der Waals surface area (Å²) in [7, 11) is 3.30. The number of ketones is 1. The van der Waals surface area contributed by atoms with Crippen LogP contribution in [0.5, 0.6) is 5.75 Å². The summed E-state index contributed by atoms with van der Waals surface area (Å²) in [4.78, 5) is 34.4. The lowest BCUT2D eigenvalue weighted by molar-refractivity contribution is -0.113. The van der Waals surface area contributed by atoms with Crippen LogP contribution < -0.4 is 10.1 Å². The van der Waals surface area contributed by atoms with Crippen LogP contribution in [0.25, 0.3) is 10.9 Å². The molecule has 9 heteroatoms. The molecule has 0 saturated heterocycles. The molecule has 0 saturated carbocycles. The van der Waals surface area contributed by atoms with Gasteiger partial charge in [-0.2, -0.15) is 0 Å². The lowest BCUT2D eigenvalue weighted by Crippen LogP contribution is -2.14. The molecule has 0 aliphatic heterocycles. The molecule has 0 unspecified atom stereocenters. The van der Waals surface area contributed by atoms with Gasteiger partial charge in [-0.1, -0.05) is 41.6 Å². The lowest BCUT2D eigenvalue weighted by Gasteiger charge is -2.10. The molecule has 0 bridgehead atoms. The van der Waals surface area contributed by atoms with E-state index in [1.807, 2.05) is 24.3 Å². The van der Waals surface area contributed by atoms with E-state index < -0.39 is 0 Å². The molecular weight excluding hydrogens is 448 g/mol. The number of anilines is 1. The maximum absolute atomic E-state index is 13.1. The normalized spacial score (nSPS) is 10.8. The van der Waals surface area contributed by atoms with Crippen molar-refractivity contribution in [1.29, 1.82) is 0 Å². The number of fused-ring (bicyclic) bond motifs is 1. The number of carbonyl (C=O) groups excluding carboxylic acids is 2. The third-order valence-electron chi connectivity index (χ3n) is 4.75. The zero-order chi connectivity index (χ0) is 22.7. The summed E-state index contributed by atoms with van der Waals surface area (Å²) in [6, 6.07) is 14.2. The highest BCUT2D eigenvalue weighted by molar-refractivity contribution is 7.99. The van der Waals surface area contributed by atoms with Crippen LogP contribution in [0.3, 0.4) is 0 Å². The second kappa shape index (κ2) is 9.42. The minimum Gasteiger partial charge on any atom is -0.495 e. The predicted molar refractivity (Wildman–Crippen MR) is 126 cm³/mol. The Balaban J connectivity index is 1.54. The number of para-hydroxylation sites is 1. The smallest absolute Gasteiger partial charge is 0.234 e. The van der Waals surface area contributed by atoms with Crippen LogP contribution in [0.2, 0.25) is 5.02 Å². The number of aryl methyl sites for hydroxylation is 1. The van der Waals surface area contributed by atoms with Gasteiger partial charge in [0.1, 0.15) is 5.75 Å². The maximum Gasteiger partial charge on any atom is 0.234 e. The molecule has 0 radical (unpaired) electrons. The third-order valence-corrected chi connectivity index (χ3v) is 5.96. The molecule has 7 nitrogen and oxygen atoms in total. The van der Waals surface area contributed by atoms with Crippen molar-refractivity contribution >= 4 is 51.6 Å². The fourth-order valence-corrected chi connectivity index (χ4v) is 4.17. The topological polar surface area (TPSA) is 86.1 Å². The van der Waals surface area contributed by atoms with Gasteiger partial charge in [-0.05, 0) is 30.3 Å². The van der Waals surface area contributed by atoms with Crippen LogP contribution in [-0.2, 0) is 11.8 Å². The average molecular weight is 467 g/mol. The number of ether oxygens (including phenoxy) is 1. The van der Waals surface area contributed by atoms with Gasteiger partial charge in [-0.25, -0.2) is 9.97 Å². The predicted octanol–water partition coefficient (Wildman–Crippen LogP) is 4.59. The van der Waals surface area contributed by atoms with Crippen molar-refractivity contribution in [3.05, 3.63) is 77.3 Å². The van der Waals surface area contributed by atoms with Gasteiger partial charge in [0.15, 0.2) is 5.82 Å². The molecule has 0 aliphatic carbocycles. The molecule has 0 spiro atoms. The van der Waals surface area contributed by atoms with Crippen LogP contribution in [0.4, 0.5) is 5.69 Å². The zero-order valence-electron chi connectivity index (χ0n) is 17.3. The average Bonchev–Trinajstić information content (AvgIpc) is 3.22. The van der Waals surface area contributed by atoms with Crippen molar-refractivity contribution in [3.8, 4) is 5.75 Å². The highest BCUT2D eigenvalue weighted by atomic mass is 35.5. The molecule has 4 aromatic rings. The van der Waals surface area contributed by atoms with E-state index in [1.54, 1.807) is 48.3 Å². The number of methoxy groups -OCH3 is 1. The third kappa shape index (κ3) is 4.61. The van der Waals surface area contributed by atoms with Gasteiger partial charge in [0.05, 0.1) is 28.4 Å². The number of nitrogens with zero attached hydrogens (tertiary/aromatic N) is 3. The summed E-state index contributed by atoms with van der Waals surface area (Å²) in [5.74, 6) is 0.569. The number of halogens is 1. The van der Waals surface area contributed by atoms with Crippen LogP contribution in [-0.4, -0.2) is 39.1 Å². The van der Waals surface area contributed by atoms with Crippen LogP contribution in [0.15, 0.2) is 66.0 Å². The SMILES string of the molecule is COc1ccc(NC(=O)CSc2cc(C(=O)c3nccn3C)c3ccccc3n2)cc1Cl. The number of pyridine rings is 1. The Morgan fingerprint density at radius 2 is 2.00 bits per heavy atom. The summed E-state index contributed by atoms with van der Waals surface area (Å²) >= 11 is 7.36. The number of thioether (sulfide) groups is 1. The highest BCUT2D eigenvalue weighted by Crippen LogP contribution is 2.28. The van der Waals surface area contributed by atoms with E-state index in [-0.39, 0.29) is 17.4 Å². The molecule has 4 rings (SSSR count). The summed E-state index contributed by atoms with van der Waals surface area (Å²) in [5.41, 5.74) is 1.74. The Morgan fingerprint density at radius 3 is 2.72 bits per heavy atom. The Kier molecular flexibility index (Phi) is 6.43. The maximum atomic E-state index is 13.1. The standard InChI is InChI=1S/C23H19ClN4O3S/c1-28-10-9-25-23(28)22(30)16-12-21(27-18-6-4-3-5-15(16)18)32-13-20(29)26-14-7-8-19(31-2)17(24)11-14/h3-12H,13H2,1-2H3,(H,26,29).